The van der Waals surface area contributed by atoms with Crippen molar-refractivity contribution >= 4 is 6.08 Å². The summed E-state index contributed by atoms with van der Waals surface area (Å²) in [5, 5.41) is 3.34. The van der Waals surface area contributed by atoms with E-state index in [1.165, 1.54) is 12.1 Å². The van der Waals surface area contributed by atoms with Crippen molar-refractivity contribution in [2.45, 2.75) is 26.4 Å². The Labute approximate surface area is 117 Å². The number of hydrogen-bond acceptors (Lipinski definition) is 1. The summed E-state index contributed by atoms with van der Waals surface area (Å²) in [6, 6.07) is 5.29. The highest BCUT2D eigenvalue weighted by Gasteiger charge is 2.30. The van der Waals surface area contributed by atoms with E-state index in [2.05, 4.69) is 25.2 Å². The van der Waals surface area contributed by atoms with E-state index in [9.17, 15) is 13.2 Å². The first kappa shape index (κ1) is 15.1. The van der Waals surface area contributed by atoms with Crippen molar-refractivity contribution in [1.29, 1.82) is 0 Å². The summed E-state index contributed by atoms with van der Waals surface area (Å²) in [5.74, 6) is 0.577. The summed E-state index contributed by atoms with van der Waals surface area (Å²) in [6.07, 6.45) is 0.896. The zero-order chi connectivity index (χ0) is 14.8. The highest BCUT2D eigenvalue weighted by Crippen LogP contribution is 2.34. The molecule has 110 valence electrons. The van der Waals surface area contributed by atoms with Crippen LogP contribution in [0.4, 0.5) is 13.2 Å². The third-order valence-electron chi connectivity index (χ3n) is 4.06. The molecule has 0 spiro atoms. The van der Waals surface area contributed by atoms with Crippen molar-refractivity contribution in [3.63, 3.8) is 0 Å². The van der Waals surface area contributed by atoms with Gasteiger partial charge in [0.2, 0.25) is 0 Å². The summed E-state index contributed by atoms with van der Waals surface area (Å²) in [4.78, 5) is 0. The highest BCUT2D eigenvalue weighted by atomic mass is 19.4. The van der Waals surface area contributed by atoms with Crippen molar-refractivity contribution in [2.75, 3.05) is 13.1 Å². The molecule has 1 heterocycles. The maximum absolute atomic E-state index is 12.5. The van der Waals surface area contributed by atoms with Crippen molar-refractivity contribution < 1.29 is 13.2 Å². The van der Waals surface area contributed by atoms with Gasteiger partial charge in [0, 0.05) is 0 Å². The zero-order valence-corrected chi connectivity index (χ0v) is 11.8. The molecule has 1 aromatic carbocycles. The van der Waals surface area contributed by atoms with Crippen LogP contribution in [0.25, 0.3) is 6.08 Å². The molecule has 1 saturated heterocycles. The standard InChI is InChI=1S/C16H20F3N/c1-15(2,14-8-10-20-11-14)9-7-12-3-5-13(6-4-12)16(17,18)19/h3-7,9,14,20H,8,10-11H2,1-2H3. The van der Waals surface area contributed by atoms with Crippen molar-refractivity contribution in [3.05, 3.63) is 41.5 Å². The Bertz CT molecular complexity index is 465. The van der Waals surface area contributed by atoms with E-state index >= 15 is 0 Å². The van der Waals surface area contributed by atoms with Crippen LogP contribution >= 0.6 is 0 Å². The monoisotopic (exact) mass is 283 g/mol. The molecule has 0 saturated carbocycles. The average molecular weight is 283 g/mol. The van der Waals surface area contributed by atoms with Gasteiger partial charge in [-0.3, -0.25) is 0 Å². The Morgan fingerprint density at radius 3 is 2.30 bits per heavy atom. The number of alkyl halides is 3. The molecule has 1 N–H and O–H groups in total. The van der Waals surface area contributed by atoms with Gasteiger partial charge in [0.1, 0.15) is 0 Å². The quantitative estimate of drug-likeness (QED) is 0.869. The molecule has 0 amide bonds. The van der Waals surface area contributed by atoms with E-state index in [0.29, 0.717) is 5.92 Å². The minimum Gasteiger partial charge on any atom is -0.316 e. The van der Waals surface area contributed by atoms with Gasteiger partial charge in [0.05, 0.1) is 5.56 Å². The molecule has 1 aromatic rings. The van der Waals surface area contributed by atoms with Crippen LogP contribution in [-0.2, 0) is 6.18 Å². The lowest BCUT2D eigenvalue weighted by atomic mass is 9.78. The van der Waals surface area contributed by atoms with Gasteiger partial charge in [-0.2, -0.15) is 13.2 Å². The molecular weight excluding hydrogens is 263 g/mol. The molecule has 0 radical (unpaired) electrons. The first-order valence-electron chi connectivity index (χ1n) is 6.86. The predicted octanol–water partition coefficient (Wildman–Crippen LogP) is 4.35. The second kappa shape index (κ2) is 5.60. The van der Waals surface area contributed by atoms with Crippen LogP contribution in [0, 0.1) is 11.3 Å². The Morgan fingerprint density at radius 2 is 1.80 bits per heavy atom. The van der Waals surface area contributed by atoms with E-state index in [1.54, 1.807) is 0 Å². The molecule has 1 nitrogen and oxygen atoms in total. The number of hydrogen-bond donors (Lipinski definition) is 1. The number of benzene rings is 1. The summed E-state index contributed by atoms with van der Waals surface area (Å²) in [6.45, 7) is 6.39. The Morgan fingerprint density at radius 1 is 1.15 bits per heavy atom. The van der Waals surface area contributed by atoms with Crippen LogP contribution in [-0.4, -0.2) is 13.1 Å². The van der Waals surface area contributed by atoms with E-state index in [0.717, 1.165) is 37.2 Å². The molecule has 1 aliphatic heterocycles. The van der Waals surface area contributed by atoms with Gasteiger partial charge in [-0.25, -0.2) is 0 Å². The van der Waals surface area contributed by atoms with Crippen LogP contribution in [0.3, 0.4) is 0 Å². The lowest BCUT2D eigenvalue weighted by molar-refractivity contribution is -0.137. The number of allylic oxidation sites excluding steroid dienone is 1. The molecule has 0 aliphatic carbocycles. The molecule has 20 heavy (non-hydrogen) atoms. The van der Waals surface area contributed by atoms with E-state index in [1.807, 2.05) is 6.08 Å². The van der Waals surface area contributed by atoms with E-state index < -0.39 is 11.7 Å². The first-order chi connectivity index (χ1) is 9.29. The molecule has 4 heteroatoms. The van der Waals surface area contributed by atoms with Gasteiger partial charge in [0.15, 0.2) is 0 Å². The SMILES string of the molecule is CC(C)(C=Cc1ccc(C(F)(F)F)cc1)C1CCNC1. The topological polar surface area (TPSA) is 12.0 Å². The van der Waals surface area contributed by atoms with Crippen LogP contribution < -0.4 is 5.32 Å². The fourth-order valence-electron chi connectivity index (χ4n) is 2.52. The lowest BCUT2D eigenvalue weighted by Crippen LogP contribution is -2.23. The fraction of sp³-hybridized carbons (Fsp3) is 0.500. The zero-order valence-electron chi connectivity index (χ0n) is 11.8. The normalized spacial score (nSPS) is 20.8. The molecular formula is C16H20F3N. The van der Waals surface area contributed by atoms with Gasteiger partial charge in [-0.15, -0.1) is 0 Å². The minimum atomic E-state index is -4.27. The van der Waals surface area contributed by atoms with E-state index in [-0.39, 0.29) is 5.41 Å². The Hall–Kier alpha value is -1.29. The van der Waals surface area contributed by atoms with Gasteiger partial charge in [-0.1, -0.05) is 38.1 Å². The Balaban J connectivity index is 2.07. The second-order valence-electron chi connectivity index (χ2n) is 5.96. The van der Waals surface area contributed by atoms with Crippen LogP contribution in [0.5, 0.6) is 0 Å². The third kappa shape index (κ3) is 3.63. The summed E-state index contributed by atoms with van der Waals surface area (Å²) in [7, 11) is 0. The molecule has 1 aliphatic rings. The molecule has 1 unspecified atom stereocenters. The maximum Gasteiger partial charge on any atom is 0.416 e. The minimum absolute atomic E-state index is 0.0478. The van der Waals surface area contributed by atoms with Gasteiger partial charge in [0.25, 0.3) is 0 Å². The summed E-state index contributed by atoms with van der Waals surface area (Å²) < 4.78 is 37.4. The largest absolute Gasteiger partial charge is 0.416 e. The van der Waals surface area contributed by atoms with Crippen LogP contribution in [0.15, 0.2) is 30.3 Å². The predicted molar refractivity (Wildman–Crippen MR) is 75.2 cm³/mol. The highest BCUT2D eigenvalue weighted by molar-refractivity contribution is 5.50. The average Bonchev–Trinajstić information content (AvgIpc) is 2.90. The van der Waals surface area contributed by atoms with Gasteiger partial charge >= 0.3 is 6.18 Å². The van der Waals surface area contributed by atoms with Gasteiger partial charge in [-0.05, 0) is 48.5 Å². The maximum atomic E-state index is 12.5. The molecule has 1 atom stereocenters. The molecule has 2 rings (SSSR count). The summed E-state index contributed by atoms with van der Waals surface area (Å²) in [5.41, 5.74) is 0.248. The van der Waals surface area contributed by atoms with E-state index in [4.69, 9.17) is 0 Å². The fourth-order valence-corrected chi connectivity index (χ4v) is 2.52. The molecule has 0 aromatic heterocycles. The molecule has 0 bridgehead atoms. The van der Waals surface area contributed by atoms with Crippen molar-refractivity contribution in [3.8, 4) is 0 Å². The third-order valence-corrected chi connectivity index (χ3v) is 4.06. The number of nitrogens with one attached hydrogen (secondary N) is 1. The summed E-state index contributed by atoms with van der Waals surface area (Å²) >= 11 is 0. The number of rotatable bonds is 3. The smallest absolute Gasteiger partial charge is 0.316 e. The van der Waals surface area contributed by atoms with Crippen molar-refractivity contribution in [1.82, 2.24) is 5.32 Å². The van der Waals surface area contributed by atoms with Crippen molar-refractivity contribution in [2.24, 2.45) is 11.3 Å². The Kier molecular flexibility index (Phi) is 4.23. The first-order valence-corrected chi connectivity index (χ1v) is 6.86. The van der Waals surface area contributed by atoms with Crippen LogP contribution in [0.1, 0.15) is 31.4 Å². The second-order valence-corrected chi connectivity index (χ2v) is 5.96. The van der Waals surface area contributed by atoms with Crippen LogP contribution in [0.2, 0.25) is 0 Å². The van der Waals surface area contributed by atoms with Gasteiger partial charge < -0.3 is 5.32 Å². The molecule has 1 fully saturated rings. The lowest BCUT2D eigenvalue weighted by Gasteiger charge is -2.27. The number of halogens is 3.